The third-order valence-corrected chi connectivity index (χ3v) is 5.92. The minimum absolute atomic E-state index is 0.0432. The normalized spacial score (nSPS) is 17.8. The summed E-state index contributed by atoms with van der Waals surface area (Å²) in [6.45, 7) is 2.43. The lowest BCUT2D eigenvalue weighted by Gasteiger charge is -2.37. The Morgan fingerprint density at radius 2 is 1.74 bits per heavy atom. The molecule has 0 saturated carbocycles. The van der Waals surface area contributed by atoms with Crippen LogP contribution in [0.2, 0.25) is 0 Å². The zero-order valence-corrected chi connectivity index (χ0v) is 17.5. The van der Waals surface area contributed by atoms with Crippen LogP contribution in [-0.4, -0.2) is 59.8 Å². The van der Waals surface area contributed by atoms with E-state index < -0.39 is 5.79 Å². The molecule has 2 saturated heterocycles. The van der Waals surface area contributed by atoms with Gasteiger partial charge in [-0.25, -0.2) is 4.68 Å². The van der Waals surface area contributed by atoms with Gasteiger partial charge in [-0.2, -0.15) is 5.10 Å². The van der Waals surface area contributed by atoms with Crippen molar-refractivity contribution in [2.24, 2.45) is 0 Å². The van der Waals surface area contributed by atoms with Gasteiger partial charge in [0, 0.05) is 31.5 Å². The number of nitrogens with zero attached hydrogens (tertiary/aromatic N) is 3. The largest absolute Gasteiger partial charge is 0.497 e. The standard InChI is InChI=1S/C24H25N3O4/c1-29-20-9-5-6-18(16-20)21-17-22(27(25-21)19-7-3-2-4-8-19)23(28)26-12-10-24(11-13-26)30-14-15-31-24/h2-9,16-17H,10-15H2,1H3. The summed E-state index contributed by atoms with van der Waals surface area (Å²) in [7, 11) is 1.64. The van der Waals surface area contributed by atoms with Gasteiger partial charge >= 0.3 is 0 Å². The van der Waals surface area contributed by atoms with Crippen molar-refractivity contribution in [1.82, 2.24) is 14.7 Å². The Labute approximate surface area is 181 Å². The monoisotopic (exact) mass is 419 g/mol. The Balaban J connectivity index is 1.48. The Kier molecular flexibility index (Phi) is 5.21. The van der Waals surface area contributed by atoms with Crippen molar-refractivity contribution in [3.63, 3.8) is 0 Å². The van der Waals surface area contributed by atoms with Crippen LogP contribution in [0.15, 0.2) is 60.7 Å². The number of amides is 1. The molecule has 1 amide bonds. The average molecular weight is 419 g/mol. The van der Waals surface area contributed by atoms with Crippen LogP contribution in [-0.2, 0) is 9.47 Å². The molecule has 0 unspecified atom stereocenters. The lowest BCUT2D eigenvalue weighted by atomic mass is 10.0. The molecule has 0 bridgehead atoms. The van der Waals surface area contributed by atoms with Crippen molar-refractivity contribution in [2.45, 2.75) is 18.6 Å². The maximum atomic E-state index is 13.5. The SMILES string of the molecule is COc1cccc(-c2cc(C(=O)N3CCC4(CC3)OCCO4)n(-c3ccccc3)n2)c1. The predicted octanol–water partition coefficient (Wildman–Crippen LogP) is 3.53. The molecular weight excluding hydrogens is 394 g/mol. The van der Waals surface area contributed by atoms with Gasteiger partial charge in [0.1, 0.15) is 11.4 Å². The third-order valence-electron chi connectivity index (χ3n) is 5.92. The molecule has 31 heavy (non-hydrogen) atoms. The number of ether oxygens (including phenoxy) is 3. The number of carbonyl (C=O) groups excluding carboxylic acids is 1. The second-order valence-electron chi connectivity index (χ2n) is 7.79. The summed E-state index contributed by atoms with van der Waals surface area (Å²) in [4.78, 5) is 15.4. The maximum Gasteiger partial charge on any atom is 0.272 e. The van der Waals surface area contributed by atoms with E-state index in [0.29, 0.717) is 44.8 Å². The first-order valence-electron chi connectivity index (χ1n) is 10.5. The molecule has 3 aromatic rings. The van der Waals surface area contributed by atoms with Crippen molar-refractivity contribution in [3.05, 3.63) is 66.4 Å². The molecule has 2 aromatic carbocycles. The molecule has 2 fully saturated rings. The molecule has 1 spiro atoms. The van der Waals surface area contributed by atoms with Gasteiger partial charge < -0.3 is 19.1 Å². The Bertz CT molecular complexity index is 1060. The second-order valence-corrected chi connectivity index (χ2v) is 7.79. The lowest BCUT2D eigenvalue weighted by Crippen LogP contribution is -2.47. The maximum absolute atomic E-state index is 13.5. The summed E-state index contributed by atoms with van der Waals surface area (Å²) in [6.07, 6.45) is 1.36. The fraction of sp³-hybridized carbons (Fsp3) is 0.333. The minimum Gasteiger partial charge on any atom is -0.497 e. The first-order chi connectivity index (χ1) is 15.2. The fourth-order valence-corrected chi connectivity index (χ4v) is 4.22. The molecule has 5 rings (SSSR count). The average Bonchev–Trinajstić information content (AvgIpc) is 3.48. The number of benzene rings is 2. The summed E-state index contributed by atoms with van der Waals surface area (Å²) in [6, 6.07) is 19.3. The van der Waals surface area contributed by atoms with E-state index in [0.717, 1.165) is 22.7 Å². The highest BCUT2D eigenvalue weighted by atomic mass is 16.7. The van der Waals surface area contributed by atoms with Crippen molar-refractivity contribution in [2.75, 3.05) is 33.4 Å². The molecule has 3 heterocycles. The molecule has 2 aliphatic rings. The number of para-hydroxylation sites is 1. The number of likely N-dealkylation sites (tertiary alicyclic amines) is 1. The highest BCUT2D eigenvalue weighted by molar-refractivity contribution is 5.94. The molecule has 0 N–H and O–H groups in total. The number of rotatable bonds is 4. The van der Waals surface area contributed by atoms with Gasteiger partial charge in [0.05, 0.1) is 31.7 Å². The Morgan fingerprint density at radius 1 is 1.00 bits per heavy atom. The van der Waals surface area contributed by atoms with Gasteiger partial charge in [-0.1, -0.05) is 30.3 Å². The number of aromatic nitrogens is 2. The van der Waals surface area contributed by atoms with E-state index >= 15 is 0 Å². The van der Waals surface area contributed by atoms with Crippen LogP contribution in [0.25, 0.3) is 16.9 Å². The molecule has 0 aliphatic carbocycles. The van der Waals surface area contributed by atoms with Gasteiger partial charge in [-0.05, 0) is 30.3 Å². The van der Waals surface area contributed by atoms with E-state index in [2.05, 4.69) is 0 Å². The first kappa shape index (κ1) is 19.8. The molecular formula is C24H25N3O4. The highest BCUT2D eigenvalue weighted by Crippen LogP contribution is 2.32. The van der Waals surface area contributed by atoms with Crippen LogP contribution in [0.1, 0.15) is 23.3 Å². The van der Waals surface area contributed by atoms with Crippen LogP contribution in [0, 0.1) is 0 Å². The molecule has 7 heteroatoms. The van der Waals surface area contributed by atoms with Crippen LogP contribution in [0.5, 0.6) is 5.75 Å². The van der Waals surface area contributed by atoms with Gasteiger partial charge in [0.25, 0.3) is 5.91 Å². The lowest BCUT2D eigenvalue weighted by molar-refractivity contribution is -0.181. The number of hydrogen-bond donors (Lipinski definition) is 0. The van der Waals surface area contributed by atoms with Crippen molar-refractivity contribution < 1.29 is 19.0 Å². The zero-order valence-electron chi connectivity index (χ0n) is 17.5. The van der Waals surface area contributed by atoms with Crippen LogP contribution < -0.4 is 4.74 Å². The highest BCUT2D eigenvalue weighted by Gasteiger charge is 2.41. The van der Waals surface area contributed by atoms with Gasteiger partial charge in [0.15, 0.2) is 5.79 Å². The smallest absolute Gasteiger partial charge is 0.272 e. The predicted molar refractivity (Wildman–Crippen MR) is 115 cm³/mol. The van der Waals surface area contributed by atoms with Crippen molar-refractivity contribution in [3.8, 4) is 22.7 Å². The van der Waals surface area contributed by atoms with E-state index in [4.69, 9.17) is 19.3 Å². The Hall–Kier alpha value is -3.16. The molecule has 160 valence electrons. The summed E-state index contributed by atoms with van der Waals surface area (Å²) >= 11 is 0. The van der Waals surface area contributed by atoms with E-state index in [1.807, 2.05) is 65.6 Å². The number of methoxy groups -OCH3 is 1. The number of carbonyl (C=O) groups is 1. The molecule has 0 atom stereocenters. The van der Waals surface area contributed by atoms with Gasteiger partial charge in [-0.3, -0.25) is 4.79 Å². The van der Waals surface area contributed by atoms with E-state index in [9.17, 15) is 4.79 Å². The van der Waals surface area contributed by atoms with E-state index in [1.165, 1.54) is 0 Å². The molecule has 1 aromatic heterocycles. The topological polar surface area (TPSA) is 65.8 Å². The minimum atomic E-state index is -0.512. The quantitative estimate of drug-likeness (QED) is 0.647. The summed E-state index contributed by atoms with van der Waals surface area (Å²) < 4.78 is 18.7. The van der Waals surface area contributed by atoms with Gasteiger partial charge in [0.2, 0.25) is 0 Å². The summed E-state index contributed by atoms with van der Waals surface area (Å²) in [5.41, 5.74) is 3.00. The van der Waals surface area contributed by atoms with Crippen molar-refractivity contribution in [1.29, 1.82) is 0 Å². The second kappa shape index (κ2) is 8.17. The molecule has 7 nitrogen and oxygen atoms in total. The van der Waals surface area contributed by atoms with Crippen molar-refractivity contribution >= 4 is 5.91 Å². The van der Waals surface area contributed by atoms with E-state index in [1.54, 1.807) is 11.8 Å². The fourth-order valence-electron chi connectivity index (χ4n) is 4.22. The molecule has 2 aliphatic heterocycles. The number of piperidine rings is 1. The van der Waals surface area contributed by atoms with Crippen LogP contribution in [0.4, 0.5) is 0 Å². The third kappa shape index (κ3) is 3.82. The summed E-state index contributed by atoms with van der Waals surface area (Å²) in [5.74, 6) is 0.193. The molecule has 0 radical (unpaired) electrons. The summed E-state index contributed by atoms with van der Waals surface area (Å²) in [5, 5.41) is 4.78. The Morgan fingerprint density at radius 3 is 2.45 bits per heavy atom. The van der Waals surface area contributed by atoms with E-state index in [-0.39, 0.29) is 5.91 Å². The van der Waals surface area contributed by atoms with Crippen LogP contribution in [0.3, 0.4) is 0 Å². The van der Waals surface area contributed by atoms with Gasteiger partial charge in [-0.15, -0.1) is 0 Å². The first-order valence-corrected chi connectivity index (χ1v) is 10.5. The number of hydrogen-bond acceptors (Lipinski definition) is 5. The van der Waals surface area contributed by atoms with Crippen LogP contribution >= 0.6 is 0 Å². The zero-order chi connectivity index (χ0) is 21.3.